The fourth-order valence-electron chi connectivity index (χ4n) is 2.28. The highest BCUT2D eigenvalue weighted by molar-refractivity contribution is 5.94. The van der Waals surface area contributed by atoms with Gasteiger partial charge in [0.25, 0.3) is 0 Å². The van der Waals surface area contributed by atoms with Crippen LogP contribution in [0, 0.1) is 12.8 Å². The van der Waals surface area contributed by atoms with Gasteiger partial charge in [-0.3, -0.25) is 9.59 Å². The van der Waals surface area contributed by atoms with Crippen molar-refractivity contribution < 1.29 is 14.1 Å². The molecule has 0 spiro atoms. The number of rotatable bonds is 4. The molecule has 0 bridgehead atoms. The van der Waals surface area contributed by atoms with Crippen LogP contribution in [0.2, 0.25) is 0 Å². The van der Waals surface area contributed by atoms with E-state index < -0.39 is 0 Å². The smallest absolute Gasteiger partial charge is 0.245 e. The molecule has 0 atom stereocenters. The molecule has 1 aromatic rings. The standard InChI is InChI=1S/C13H20N4O3.ClH/c1-9-7-11(16-20-9)15-12(18)8-17(2)13(19)10-3-5-14-6-4-10;/h7,10,14H,3-6,8H2,1-2H3,(H,15,16,18);1H. The van der Waals surface area contributed by atoms with E-state index in [1.165, 1.54) is 4.90 Å². The van der Waals surface area contributed by atoms with Crippen LogP contribution in [0.1, 0.15) is 18.6 Å². The highest BCUT2D eigenvalue weighted by Crippen LogP contribution is 2.14. The molecule has 7 nitrogen and oxygen atoms in total. The summed E-state index contributed by atoms with van der Waals surface area (Å²) in [6, 6.07) is 1.63. The van der Waals surface area contributed by atoms with E-state index in [0.717, 1.165) is 25.9 Å². The molecule has 2 N–H and O–H groups in total. The normalized spacial score (nSPS) is 15.1. The van der Waals surface area contributed by atoms with Crippen molar-refractivity contribution in [2.45, 2.75) is 19.8 Å². The van der Waals surface area contributed by atoms with Crippen LogP contribution in [0.15, 0.2) is 10.6 Å². The topological polar surface area (TPSA) is 87.5 Å². The van der Waals surface area contributed by atoms with Crippen LogP contribution in [-0.4, -0.2) is 48.6 Å². The minimum absolute atomic E-state index is 0. The Morgan fingerprint density at radius 3 is 2.71 bits per heavy atom. The Morgan fingerprint density at radius 2 is 2.14 bits per heavy atom. The van der Waals surface area contributed by atoms with Crippen LogP contribution in [0.5, 0.6) is 0 Å². The molecule has 1 aromatic heterocycles. The number of likely N-dealkylation sites (N-methyl/N-ethyl adjacent to an activating group) is 1. The summed E-state index contributed by atoms with van der Waals surface area (Å²) in [7, 11) is 1.65. The van der Waals surface area contributed by atoms with Gasteiger partial charge >= 0.3 is 0 Å². The molecule has 8 heteroatoms. The Bertz CT molecular complexity index is 486. The first-order chi connectivity index (χ1) is 9.56. The largest absolute Gasteiger partial charge is 0.360 e. The van der Waals surface area contributed by atoms with Crippen molar-refractivity contribution >= 4 is 30.0 Å². The molecular formula is C13H21ClN4O3. The summed E-state index contributed by atoms with van der Waals surface area (Å²) in [6.45, 7) is 3.48. The number of piperidine rings is 1. The molecule has 0 saturated carbocycles. The molecule has 118 valence electrons. The maximum atomic E-state index is 12.2. The molecule has 0 aliphatic carbocycles. The van der Waals surface area contributed by atoms with E-state index in [0.29, 0.717) is 11.6 Å². The average Bonchev–Trinajstić information content (AvgIpc) is 2.84. The van der Waals surface area contributed by atoms with E-state index >= 15 is 0 Å². The van der Waals surface area contributed by atoms with Gasteiger partial charge in [-0.25, -0.2) is 0 Å². The molecule has 2 amide bonds. The molecule has 0 radical (unpaired) electrons. The summed E-state index contributed by atoms with van der Waals surface area (Å²) >= 11 is 0. The summed E-state index contributed by atoms with van der Waals surface area (Å²) in [6.07, 6.45) is 1.65. The highest BCUT2D eigenvalue weighted by atomic mass is 35.5. The van der Waals surface area contributed by atoms with Crippen LogP contribution in [0.25, 0.3) is 0 Å². The lowest BCUT2D eigenvalue weighted by molar-refractivity contribution is -0.137. The van der Waals surface area contributed by atoms with Crippen molar-refractivity contribution in [1.29, 1.82) is 0 Å². The van der Waals surface area contributed by atoms with Gasteiger partial charge in [0.1, 0.15) is 5.76 Å². The second kappa shape index (κ2) is 7.99. The van der Waals surface area contributed by atoms with Crippen LogP contribution in [0.3, 0.4) is 0 Å². The number of carbonyl (C=O) groups is 2. The number of nitrogens with zero attached hydrogens (tertiary/aromatic N) is 2. The number of halogens is 1. The lowest BCUT2D eigenvalue weighted by atomic mass is 9.97. The van der Waals surface area contributed by atoms with E-state index in [9.17, 15) is 9.59 Å². The van der Waals surface area contributed by atoms with Crippen LogP contribution in [0.4, 0.5) is 5.82 Å². The predicted molar refractivity (Wildman–Crippen MR) is 80.3 cm³/mol. The summed E-state index contributed by atoms with van der Waals surface area (Å²) in [5.74, 6) is 0.763. The van der Waals surface area contributed by atoms with Crippen molar-refractivity contribution in [2.75, 3.05) is 32.0 Å². The van der Waals surface area contributed by atoms with Crippen molar-refractivity contribution in [3.63, 3.8) is 0 Å². The second-order valence-corrected chi connectivity index (χ2v) is 5.09. The van der Waals surface area contributed by atoms with Gasteiger partial charge in [-0.1, -0.05) is 5.16 Å². The Morgan fingerprint density at radius 1 is 1.48 bits per heavy atom. The molecule has 2 rings (SSSR count). The van der Waals surface area contributed by atoms with Gasteiger partial charge in [0.05, 0.1) is 6.54 Å². The minimum Gasteiger partial charge on any atom is -0.360 e. The maximum absolute atomic E-state index is 12.2. The molecule has 0 aromatic carbocycles. The first-order valence-electron chi connectivity index (χ1n) is 6.75. The molecule has 0 unspecified atom stereocenters. The third-order valence-electron chi connectivity index (χ3n) is 3.34. The third kappa shape index (κ3) is 5.02. The Labute approximate surface area is 129 Å². The number of aryl methyl sites for hydroxylation is 1. The lowest BCUT2D eigenvalue weighted by Crippen LogP contribution is -2.42. The van der Waals surface area contributed by atoms with Crippen molar-refractivity contribution in [2.24, 2.45) is 5.92 Å². The van der Waals surface area contributed by atoms with Gasteiger partial charge in [0.2, 0.25) is 11.8 Å². The Balaban J connectivity index is 0.00000220. The van der Waals surface area contributed by atoms with Gasteiger partial charge in [-0.15, -0.1) is 12.4 Å². The summed E-state index contributed by atoms with van der Waals surface area (Å²) in [5.41, 5.74) is 0. The van der Waals surface area contributed by atoms with Gasteiger partial charge in [0.15, 0.2) is 5.82 Å². The number of nitrogens with one attached hydrogen (secondary N) is 2. The zero-order valence-corrected chi connectivity index (χ0v) is 13.0. The van der Waals surface area contributed by atoms with Crippen molar-refractivity contribution in [3.8, 4) is 0 Å². The monoisotopic (exact) mass is 316 g/mol. The third-order valence-corrected chi connectivity index (χ3v) is 3.34. The zero-order valence-electron chi connectivity index (χ0n) is 12.2. The van der Waals surface area contributed by atoms with Gasteiger partial charge in [0, 0.05) is 19.0 Å². The van der Waals surface area contributed by atoms with Crippen LogP contribution >= 0.6 is 12.4 Å². The number of carbonyl (C=O) groups excluding carboxylic acids is 2. The van der Waals surface area contributed by atoms with E-state index in [4.69, 9.17) is 4.52 Å². The first kappa shape index (κ1) is 17.5. The van der Waals surface area contributed by atoms with Gasteiger partial charge in [-0.05, 0) is 32.9 Å². The average molecular weight is 317 g/mol. The minimum atomic E-state index is -0.275. The van der Waals surface area contributed by atoms with E-state index in [2.05, 4.69) is 15.8 Å². The SMILES string of the molecule is Cc1cc(NC(=O)CN(C)C(=O)C2CCNCC2)no1.Cl. The molecule has 1 aliphatic heterocycles. The number of aromatic nitrogens is 1. The lowest BCUT2D eigenvalue weighted by Gasteiger charge is -2.26. The summed E-state index contributed by atoms with van der Waals surface area (Å²) in [4.78, 5) is 25.5. The summed E-state index contributed by atoms with van der Waals surface area (Å²) in [5, 5.41) is 9.50. The maximum Gasteiger partial charge on any atom is 0.245 e. The highest BCUT2D eigenvalue weighted by Gasteiger charge is 2.25. The van der Waals surface area contributed by atoms with E-state index in [-0.39, 0.29) is 36.7 Å². The molecule has 21 heavy (non-hydrogen) atoms. The molecule has 1 aliphatic rings. The molecular weight excluding hydrogens is 296 g/mol. The van der Waals surface area contributed by atoms with Gasteiger partial charge in [-0.2, -0.15) is 0 Å². The molecule has 2 heterocycles. The van der Waals surface area contributed by atoms with Crippen LogP contribution < -0.4 is 10.6 Å². The van der Waals surface area contributed by atoms with Crippen molar-refractivity contribution in [1.82, 2.24) is 15.4 Å². The quantitative estimate of drug-likeness (QED) is 0.858. The predicted octanol–water partition coefficient (Wildman–Crippen LogP) is 0.801. The van der Waals surface area contributed by atoms with Gasteiger partial charge < -0.3 is 20.1 Å². The van der Waals surface area contributed by atoms with Crippen molar-refractivity contribution in [3.05, 3.63) is 11.8 Å². The number of anilines is 1. The molecule has 1 fully saturated rings. The first-order valence-corrected chi connectivity index (χ1v) is 6.75. The number of hydrogen-bond donors (Lipinski definition) is 2. The summed E-state index contributed by atoms with van der Waals surface area (Å²) < 4.78 is 4.86. The molecule has 1 saturated heterocycles. The van der Waals surface area contributed by atoms with Crippen LogP contribution in [-0.2, 0) is 9.59 Å². The number of hydrogen-bond acceptors (Lipinski definition) is 5. The Kier molecular flexibility index (Phi) is 6.64. The zero-order chi connectivity index (χ0) is 14.5. The fourth-order valence-corrected chi connectivity index (χ4v) is 2.28. The fraction of sp³-hybridized carbons (Fsp3) is 0.615. The number of amides is 2. The Hall–Kier alpha value is -1.60. The van der Waals surface area contributed by atoms with E-state index in [1.807, 2.05) is 0 Å². The second-order valence-electron chi connectivity index (χ2n) is 5.09. The van der Waals surface area contributed by atoms with E-state index in [1.54, 1.807) is 20.0 Å².